The van der Waals surface area contributed by atoms with Crippen molar-refractivity contribution in [3.05, 3.63) is 29.6 Å². The van der Waals surface area contributed by atoms with E-state index in [0.29, 0.717) is 24.3 Å². The lowest BCUT2D eigenvalue weighted by Crippen LogP contribution is -2.53. The van der Waals surface area contributed by atoms with E-state index < -0.39 is 23.6 Å². The van der Waals surface area contributed by atoms with E-state index in [4.69, 9.17) is 4.74 Å². The van der Waals surface area contributed by atoms with Crippen molar-refractivity contribution in [1.29, 1.82) is 0 Å². The highest BCUT2D eigenvalue weighted by Crippen LogP contribution is 2.44. The maximum atomic E-state index is 13.5. The van der Waals surface area contributed by atoms with Crippen molar-refractivity contribution in [2.75, 3.05) is 6.54 Å². The van der Waals surface area contributed by atoms with Crippen molar-refractivity contribution in [2.24, 2.45) is 0 Å². The Morgan fingerprint density at radius 3 is 2.85 bits per heavy atom. The summed E-state index contributed by atoms with van der Waals surface area (Å²) in [5.74, 6) is 0.143. The largest absolute Gasteiger partial charge is 0.485 e. The lowest BCUT2D eigenvalue weighted by atomic mass is 9.85. The smallest absolute Gasteiger partial charge is 0.223 e. The van der Waals surface area contributed by atoms with Crippen molar-refractivity contribution in [1.82, 2.24) is 4.90 Å². The Hall–Kier alpha value is -1.62. The van der Waals surface area contributed by atoms with Crippen LogP contribution in [0.1, 0.15) is 38.3 Å². The molecule has 0 aromatic heterocycles. The molecule has 5 heteroatoms. The predicted molar refractivity (Wildman–Crippen MR) is 70.8 cm³/mol. The Morgan fingerprint density at radius 1 is 1.45 bits per heavy atom. The van der Waals surface area contributed by atoms with Gasteiger partial charge in [-0.25, -0.2) is 4.39 Å². The van der Waals surface area contributed by atoms with E-state index in [1.54, 1.807) is 24.8 Å². The van der Waals surface area contributed by atoms with Crippen molar-refractivity contribution < 1.29 is 19.0 Å². The van der Waals surface area contributed by atoms with Gasteiger partial charge < -0.3 is 14.7 Å². The third-order valence-corrected chi connectivity index (χ3v) is 4.12. The molecule has 0 radical (unpaired) electrons. The van der Waals surface area contributed by atoms with Gasteiger partial charge in [0.2, 0.25) is 5.91 Å². The van der Waals surface area contributed by atoms with Crippen LogP contribution in [0.15, 0.2) is 18.2 Å². The van der Waals surface area contributed by atoms with E-state index in [9.17, 15) is 14.3 Å². The minimum atomic E-state index is -0.890. The molecule has 2 aliphatic heterocycles. The molecule has 20 heavy (non-hydrogen) atoms. The third-order valence-electron chi connectivity index (χ3n) is 4.12. The molecule has 0 aliphatic carbocycles. The van der Waals surface area contributed by atoms with Gasteiger partial charge in [0.05, 0.1) is 6.04 Å². The molecule has 1 N–H and O–H groups in total. The molecule has 2 aliphatic rings. The van der Waals surface area contributed by atoms with Gasteiger partial charge in [-0.05, 0) is 38.5 Å². The van der Waals surface area contributed by atoms with Gasteiger partial charge in [0.15, 0.2) is 0 Å². The summed E-state index contributed by atoms with van der Waals surface area (Å²) in [5.41, 5.74) is -0.273. The average Bonchev–Trinajstić information content (AvgIpc) is 2.78. The first-order chi connectivity index (χ1) is 9.40. The summed E-state index contributed by atoms with van der Waals surface area (Å²) in [6.07, 6.45) is 0.363. The number of hydrogen-bond donors (Lipinski definition) is 1. The molecule has 2 heterocycles. The third kappa shape index (κ3) is 1.97. The standard InChI is InChI=1S/C15H18FNO3/c1-15(2)14(19)13(17-7-3-4-12(17)18)10-8-9(16)5-6-11(10)20-15/h5-6,8,13-14,19H,3-4,7H2,1-2H3/t13-,14+/m0/s1. The molecule has 0 unspecified atom stereocenters. The maximum absolute atomic E-state index is 13.5. The first-order valence-electron chi connectivity index (χ1n) is 6.86. The molecule has 0 saturated carbocycles. The monoisotopic (exact) mass is 279 g/mol. The molecule has 3 rings (SSSR count). The zero-order valence-corrected chi connectivity index (χ0v) is 11.6. The minimum Gasteiger partial charge on any atom is -0.485 e. The van der Waals surface area contributed by atoms with Crippen LogP contribution >= 0.6 is 0 Å². The van der Waals surface area contributed by atoms with E-state index in [1.807, 2.05) is 0 Å². The first kappa shape index (κ1) is 13.4. The number of ether oxygens (including phenoxy) is 1. The van der Waals surface area contributed by atoms with E-state index >= 15 is 0 Å². The number of halogens is 1. The second-order valence-electron chi connectivity index (χ2n) is 5.97. The molecule has 1 aromatic rings. The molecule has 2 atom stereocenters. The fraction of sp³-hybridized carbons (Fsp3) is 0.533. The van der Waals surface area contributed by atoms with E-state index in [2.05, 4.69) is 0 Å². The van der Waals surface area contributed by atoms with Crippen LogP contribution in [0.4, 0.5) is 4.39 Å². The molecule has 1 saturated heterocycles. The fourth-order valence-corrected chi connectivity index (χ4v) is 3.04. The summed E-state index contributed by atoms with van der Waals surface area (Å²) >= 11 is 0. The van der Waals surface area contributed by atoms with E-state index in [-0.39, 0.29) is 5.91 Å². The van der Waals surface area contributed by atoms with Gasteiger partial charge >= 0.3 is 0 Å². The topological polar surface area (TPSA) is 49.8 Å². The van der Waals surface area contributed by atoms with Crippen LogP contribution < -0.4 is 4.74 Å². The van der Waals surface area contributed by atoms with Gasteiger partial charge in [0.1, 0.15) is 23.3 Å². The highest BCUT2D eigenvalue weighted by atomic mass is 19.1. The summed E-state index contributed by atoms with van der Waals surface area (Å²) in [6.45, 7) is 4.14. The summed E-state index contributed by atoms with van der Waals surface area (Å²) < 4.78 is 19.3. The number of aliphatic hydroxyl groups excluding tert-OH is 1. The van der Waals surface area contributed by atoms with Crippen LogP contribution in [0, 0.1) is 5.82 Å². The molecule has 1 aromatic carbocycles. The summed E-state index contributed by atoms with van der Waals surface area (Å²) in [6, 6.07) is 3.70. The number of fused-ring (bicyclic) bond motifs is 1. The number of hydrogen-bond acceptors (Lipinski definition) is 3. The Morgan fingerprint density at radius 2 is 2.20 bits per heavy atom. The highest BCUT2D eigenvalue weighted by molar-refractivity contribution is 5.79. The number of carbonyl (C=O) groups is 1. The van der Waals surface area contributed by atoms with Gasteiger partial charge in [-0.15, -0.1) is 0 Å². The number of amides is 1. The quantitative estimate of drug-likeness (QED) is 0.855. The molecule has 0 spiro atoms. The second kappa shape index (κ2) is 4.45. The number of nitrogens with zero attached hydrogens (tertiary/aromatic N) is 1. The van der Waals surface area contributed by atoms with Crippen LogP contribution in [-0.2, 0) is 4.79 Å². The lowest BCUT2D eigenvalue weighted by Gasteiger charge is -2.45. The van der Waals surface area contributed by atoms with Gasteiger partial charge in [-0.2, -0.15) is 0 Å². The number of likely N-dealkylation sites (tertiary alicyclic amines) is 1. The minimum absolute atomic E-state index is 0.00182. The van der Waals surface area contributed by atoms with Crippen LogP contribution in [0.5, 0.6) is 5.75 Å². The van der Waals surface area contributed by atoms with Gasteiger partial charge in [-0.1, -0.05) is 0 Å². The molecule has 0 bridgehead atoms. The zero-order valence-electron chi connectivity index (χ0n) is 11.6. The molecule has 4 nitrogen and oxygen atoms in total. The molecule has 1 fully saturated rings. The van der Waals surface area contributed by atoms with Crippen molar-refractivity contribution in [2.45, 2.75) is 44.4 Å². The zero-order chi connectivity index (χ0) is 14.5. The van der Waals surface area contributed by atoms with Gasteiger partial charge in [0.25, 0.3) is 0 Å². The van der Waals surface area contributed by atoms with E-state index in [0.717, 1.165) is 6.42 Å². The number of carbonyl (C=O) groups excluding carboxylic acids is 1. The van der Waals surface area contributed by atoms with Crippen LogP contribution in [0.25, 0.3) is 0 Å². The number of aliphatic hydroxyl groups is 1. The summed E-state index contributed by atoms with van der Waals surface area (Å²) in [7, 11) is 0. The fourth-order valence-electron chi connectivity index (χ4n) is 3.04. The highest BCUT2D eigenvalue weighted by Gasteiger charge is 2.47. The molecular weight excluding hydrogens is 261 g/mol. The molecule has 1 amide bonds. The average molecular weight is 279 g/mol. The SMILES string of the molecule is CC1(C)Oc2ccc(F)cc2[C@H](N2CCCC2=O)[C@H]1O. The lowest BCUT2D eigenvalue weighted by molar-refractivity contribution is -0.139. The van der Waals surface area contributed by atoms with Crippen LogP contribution in [-0.4, -0.2) is 34.2 Å². The van der Waals surface area contributed by atoms with E-state index in [1.165, 1.54) is 12.1 Å². The van der Waals surface area contributed by atoms with Crippen molar-refractivity contribution in [3.8, 4) is 5.75 Å². The van der Waals surface area contributed by atoms with Crippen LogP contribution in [0.3, 0.4) is 0 Å². The Bertz CT molecular complexity index is 558. The predicted octanol–water partition coefficient (Wildman–Crippen LogP) is 2.02. The first-order valence-corrected chi connectivity index (χ1v) is 6.86. The summed E-state index contributed by atoms with van der Waals surface area (Å²) in [5, 5.41) is 10.6. The van der Waals surface area contributed by atoms with Crippen molar-refractivity contribution in [3.63, 3.8) is 0 Å². The number of benzene rings is 1. The Labute approximate surface area is 117 Å². The molecule has 108 valence electrons. The van der Waals surface area contributed by atoms with Gasteiger partial charge in [-0.3, -0.25) is 4.79 Å². The van der Waals surface area contributed by atoms with Crippen LogP contribution in [0.2, 0.25) is 0 Å². The summed E-state index contributed by atoms with van der Waals surface area (Å²) in [4.78, 5) is 13.7. The number of rotatable bonds is 1. The Balaban J connectivity index is 2.10. The maximum Gasteiger partial charge on any atom is 0.223 e. The Kier molecular flexibility index (Phi) is 2.97. The van der Waals surface area contributed by atoms with Crippen molar-refractivity contribution >= 4 is 5.91 Å². The molecular formula is C15H18FNO3. The van der Waals surface area contributed by atoms with Gasteiger partial charge in [0, 0.05) is 18.5 Å². The normalized spacial score (nSPS) is 28.2. The second-order valence-corrected chi connectivity index (χ2v) is 5.97.